The number of hydrogen-bond acceptors (Lipinski definition) is 4. The fourth-order valence-corrected chi connectivity index (χ4v) is 2.20. The standard InChI is InChI=1S/C17H23NO4/c1-11(2)22-16(19)10-15(18-17(20)13-4-5-13)12-6-8-14(21-3)9-7-12/h6-9,11,13,15H,4-5,10H2,1-3H3,(H,18,20)/t15-/m0/s1. The lowest BCUT2D eigenvalue weighted by molar-refractivity contribution is -0.148. The molecule has 1 fully saturated rings. The predicted octanol–water partition coefficient (Wildman–Crippen LogP) is 2.60. The highest BCUT2D eigenvalue weighted by Crippen LogP contribution is 2.30. The molecule has 2 rings (SSSR count). The third-order valence-electron chi connectivity index (χ3n) is 3.52. The molecular formula is C17H23NO4. The molecule has 5 nitrogen and oxygen atoms in total. The number of ether oxygens (including phenoxy) is 2. The summed E-state index contributed by atoms with van der Waals surface area (Å²) in [6.45, 7) is 3.62. The zero-order chi connectivity index (χ0) is 16.1. The van der Waals surface area contributed by atoms with Crippen LogP contribution in [0.1, 0.15) is 44.7 Å². The Morgan fingerprint density at radius 2 is 1.86 bits per heavy atom. The summed E-state index contributed by atoms with van der Waals surface area (Å²) >= 11 is 0. The van der Waals surface area contributed by atoms with Crippen LogP contribution >= 0.6 is 0 Å². The lowest BCUT2D eigenvalue weighted by Gasteiger charge is -2.19. The van der Waals surface area contributed by atoms with Crippen LogP contribution in [0.3, 0.4) is 0 Å². The number of benzene rings is 1. The normalized spacial score (nSPS) is 15.3. The minimum Gasteiger partial charge on any atom is -0.497 e. The van der Waals surface area contributed by atoms with E-state index in [-0.39, 0.29) is 36.4 Å². The zero-order valence-corrected chi connectivity index (χ0v) is 13.3. The van der Waals surface area contributed by atoms with E-state index in [1.165, 1.54) is 0 Å². The molecule has 0 radical (unpaired) electrons. The molecule has 0 heterocycles. The first kappa shape index (κ1) is 16.3. The van der Waals surface area contributed by atoms with Gasteiger partial charge in [0.2, 0.25) is 5.91 Å². The fraction of sp³-hybridized carbons (Fsp3) is 0.529. The molecule has 1 aliphatic rings. The third kappa shape index (κ3) is 4.76. The largest absolute Gasteiger partial charge is 0.497 e. The van der Waals surface area contributed by atoms with Gasteiger partial charge in [0.15, 0.2) is 0 Å². The molecule has 0 aromatic heterocycles. The van der Waals surface area contributed by atoms with Gasteiger partial charge in [-0.3, -0.25) is 9.59 Å². The summed E-state index contributed by atoms with van der Waals surface area (Å²) in [6, 6.07) is 6.99. The van der Waals surface area contributed by atoms with Gasteiger partial charge in [-0.25, -0.2) is 0 Å². The number of esters is 1. The van der Waals surface area contributed by atoms with Gasteiger partial charge in [0.1, 0.15) is 5.75 Å². The number of rotatable bonds is 7. The number of amides is 1. The molecule has 5 heteroatoms. The average Bonchev–Trinajstić information content (AvgIpc) is 3.30. The summed E-state index contributed by atoms with van der Waals surface area (Å²) in [5.41, 5.74) is 0.871. The van der Waals surface area contributed by atoms with Gasteiger partial charge in [-0.15, -0.1) is 0 Å². The molecule has 1 saturated carbocycles. The van der Waals surface area contributed by atoms with Crippen molar-refractivity contribution in [2.75, 3.05) is 7.11 Å². The van der Waals surface area contributed by atoms with Crippen LogP contribution in [0.4, 0.5) is 0 Å². The van der Waals surface area contributed by atoms with Gasteiger partial charge >= 0.3 is 5.97 Å². The number of hydrogen-bond donors (Lipinski definition) is 1. The zero-order valence-electron chi connectivity index (χ0n) is 13.3. The minimum absolute atomic E-state index is 0.0122. The average molecular weight is 305 g/mol. The van der Waals surface area contributed by atoms with Gasteiger partial charge in [-0.2, -0.15) is 0 Å². The Morgan fingerprint density at radius 3 is 2.36 bits per heavy atom. The number of carbonyl (C=O) groups is 2. The second-order valence-corrected chi connectivity index (χ2v) is 5.85. The molecule has 1 aromatic rings. The fourth-order valence-electron chi connectivity index (χ4n) is 2.20. The van der Waals surface area contributed by atoms with Crippen LogP contribution in [0.15, 0.2) is 24.3 Å². The summed E-state index contributed by atoms with van der Waals surface area (Å²) in [4.78, 5) is 24.0. The Bertz CT molecular complexity index is 520. The van der Waals surface area contributed by atoms with Crippen molar-refractivity contribution < 1.29 is 19.1 Å². The van der Waals surface area contributed by atoms with Crippen molar-refractivity contribution in [3.05, 3.63) is 29.8 Å². The minimum atomic E-state index is -0.370. The molecular weight excluding hydrogens is 282 g/mol. The van der Waals surface area contributed by atoms with E-state index in [2.05, 4.69) is 5.32 Å². The lowest BCUT2D eigenvalue weighted by atomic mass is 10.0. The van der Waals surface area contributed by atoms with Crippen LogP contribution in [0.5, 0.6) is 5.75 Å². The van der Waals surface area contributed by atoms with E-state index in [1.807, 2.05) is 38.1 Å². The molecule has 1 amide bonds. The predicted molar refractivity (Wildman–Crippen MR) is 82.4 cm³/mol. The van der Waals surface area contributed by atoms with E-state index in [0.29, 0.717) is 0 Å². The van der Waals surface area contributed by atoms with Gasteiger partial charge in [0, 0.05) is 5.92 Å². The van der Waals surface area contributed by atoms with Crippen molar-refractivity contribution in [2.45, 2.75) is 45.3 Å². The van der Waals surface area contributed by atoms with E-state index in [1.54, 1.807) is 7.11 Å². The third-order valence-corrected chi connectivity index (χ3v) is 3.52. The van der Waals surface area contributed by atoms with Gasteiger partial charge in [-0.05, 0) is 44.4 Å². The number of carbonyl (C=O) groups excluding carboxylic acids is 2. The second kappa shape index (κ2) is 7.29. The maximum atomic E-state index is 12.0. The van der Waals surface area contributed by atoms with Crippen LogP contribution in [0.2, 0.25) is 0 Å². The lowest BCUT2D eigenvalue weighted by Crippen LogP contribution is -2.32. The molecule has 1 aliphatic carbocycles. The molecule has 1 N–H and O–H groups in total. The summed E-state index contributed by atoms with van der Waals surface area (Å²) in [7, 11) is 1.60. The Morgan fingerprint density at radius 1 is 1.23 bits per heavy atom. The molecule has 1 atom stereocenters. The first-order chi connectivity index (χ1) is 10.5. The van der Waals surface area contributed by atoms with Gasteiger partial charge in [-0.1, -0.05) is 12.1 Å². The first-order valence-electron chi connectivity index (χ1n) is 7.63. The topological polar surface area (TPSA) is 64.6 Å². The van der Waals surface area contributed by atoms with Crippen LogP contribution in [0.25, 0.3) is 0 Å². The van der Waals surface area contributed by atoms with Crippen molar-refractivity contribution in [3.63, 3.8) is 0 Å². The van der Waals surface area contributed by atoms with Crippen molar-refractivity contribution in [1.29, 1.82) is 0 Å². The SMILES string of the molecule is COc1ccc([C@H](CC(=O)OC(C)C)NC(=O)C2CC2)cc1. The second-order valence-electron chi connectivity index (χ2n) is 5.85. The highest BCUT2D eigenvalue weighted by atomic mass is 16.5. The monoisotopic (exact) mass is 305 g/mol. The molecule has 0 saturated heterocycles. The van der Waals surface area contributed by atoms with Gasteiger partial charge in [0.25, 0.3) is 0 Å². The molecule has 22 heavy (non-hydrogen) atoms. The van der Waals surface area contributed by atoms with E-state index in [9.17, 15) is 9.59 Å². The molecule has 1 aromatic carbocycles. The van der Waals surface area contributed by atoms with E-state index < -0.39 is 0 Å². The quantitative estimate of drug-likeness (QED) is 0.786. The van der Waals surface area contributed by atoms with Crippen LogP contribution in [-0.4, -0.2) is 25.1 Å². The summed E-state index contributed by atoms with van der Waals surface area (Å²) in [6.07, 6.45) is 1.82. The Labute approximate surface area is 131 Å². The van der Waals surface area contributed by atoms with Crippen molar-refractivity contribution in [3.8, 4) is 5.75 Å². The highest BCUT2D eigenvalue weighted by Gasteiger charge is 2.32. The maximum Gasteiger partial charge on any atom is 0.308 e. The van der Waals surface area contributed by atoms with Crippen LogP contribution in [0, 0.1) is 5.92 Å². The van der Waals surface area contributed by atoms with E-state index in [0.717, 1.165) is 24.2 Å². The van der Waals surface area contributed by atoms with Crippen LogP contribution in [-0.2, 0) is 14.3 Å². The van der Waals surface area contributed by atoms with Crippen molar-refractivity contribution >= 4 is 11.9 Å². The van der Waals surface area contributed by atoms with Crippen molar-refractivity contribution in [2.24, 2.45) is 5.92 Å². The summed E-state index contributed by atoms with van der Waals surface area (Å²) < 4.78 is 10.3. The first-order valence-corrected chi connectivity index (χ1v) is 7.63. The molecule has 120 valence electrons. The maximum absolute atomic E-state index is 12.0. The van der Waals surface area contributed by atoms with E-state index in [4.69, 9.17) is 9.47 Å². The smallest absolute Gasteiger partial charge is 0.308 e. The summed E-state index contributed by atoms with van der Waals surface area (Å²) in [5.74, 6) is 0.535. The Balaban J connectivity index is 2.08. The molecule has 0 unspecified atom stereocenters. The number of methoxy groups -OCH3 is 1. The Kier molecular flexibility index (Phi) is 5.41. The Hall–Kier alpha value is -2.04. The molecule has 0 bridgehead atoms. The van der Waals surface area contributed by atoms with Crippen LogP contribution < -0.4 is 10.1 Å². The van der Waals surface area contributed by atoms with Crippen molar-refractivity contribution in [1.82, 2.24) is 5.32 Å². The van der Waals surface area contributed by atoms with Gasteiger partial charge in [0.05, 0.1) is 25.7 Å². The molecule has 0 spiro atoms. The summed E-state index contributed by atoms with van der Waals surface area (Å²) in [5, 5.41) is 2.96. The van der Waals surface area contributed by atoms with Gasteiger partial charge < -0.3 is 14.8 Å². The number of nitrogens with one attached hydrogen (secondary N) is 1. The molecule has 0 aliphatic heterocycles. The van der Waals surface area contributed by atoms with E-state index >= 15 is 0 Å². The highest BCUT2D eigenvalue weighted by molar-refractivity contribution is 5.82.